The van der Waals surface area contributed by atoms with Crippen molar-refractivity contribution in [2.24, 2.45) is 0 Å². The average Bonchev–Trinajstić information content (AvgIpc) is 2.80. The fourth-order valence-corrected chi connectivity index (χ4v) is 3.61. The average molecular weight is 436 g/mol. The summed E-state index contributed by atoms with van der Waals surface area (Å²) in [5.41, 5.74) is -1.17. The molecule has 0 atom stereocenters. The summed E-state index contributed by atoms with van der Waals surface area (Å²) < 4.78 is 12.2. The molecule has 10 heteroatoms. The van der Waals surface area contributed by atoms with Crippen LogP contribution in [-0.2, 0) is 15.9 Å². The number of carboxylic acid groups (broad SMARTS) is 1. The number of fused-ring (bicyclic) bond motifs is 1. The van der Waals surface area contributed by atoms with Crippen molar-refractivity contribution >= 4 is 41.0 Å². The van der Waals surface area contributed by atoms with E-state index in [1.165, 1.54) is 4.90 Å². The van der Waals surface area contributed by atoms with Gasteiger partial charge in [-0.25, -0.2) is 9.89 Å². The van der Waals surface area contributed by atoms with Crippen LogP contribution in [0, 0.1) is 0 Å². The molecule has 8 nitrogen and oxygen atoms in total. The van der Waals surface area contributed by atoms with Crippen LogP contribution in [0.25, 0.3) is 10.8 Å². The third-order valence-electron chi connectivity index (χ3n) is 5.82. The number of aromatic amines is 1. The normalized spacial score (nSPS) is 18.1. The second-order valence-corrected chi connectivity index (χ2v) is 9.96. The van der Waals surface area contributed by atoms with E-state index in [1.807, 2.05) is 27.7 Å². The number of rotatable bonds is 3. The summed E-state index contributed by atoms with van der Waals surface area (Å²) in [7, 11) is -0.678. The van der Waals surface area contributed by atoms with Gasteiger partial charge in [0.05, 0.1) is 33.8 Å². The van der Waals surface area contributed by atoms with Gasteiger partial charge in [-0.2, -0.15) is 5.10 Å². The van der Waals surface area contributed by atoms with Gasteiger partial charge in [0.25, 0.3) is 5.56 Å². The number of aromatic nitrogens is 2. The van der Waals surface area contributed by atoms with Gasteiger partial charge in [-0.3, -0.25) is 9.69 Å². The minimum Gasteiger partial charge on any atom is -0.465 e. The van der Waals surface area contributed by atoms with Gasteiger partial charge in [-0.15, -0.1) is 0 Å². The molecule has 3 rings (SSSR count). The van der Waals surface area contributed by atoms with Crippen molar-refractivity contribution in [3.8, 4) is 0 Å². The molecule has 1 amide bonds. The van der Waals surface area contributed by atoms with Gasteiger partial charge in [0.15, 0.2) is 0 Å². The zero-order valence-electron chi connectivity index (χ0n) is 18.3. The predicted octanol–water partition coefficient (Wildman–Crippen LogP) is 3.15. The Morgan fingerprint density at radius 1 is 1.23 bits per heavy atom. The van der Waals surface area contributed by atoms with Crippen LogP contribution in [0.15, 0.2) is 16.9 Å². The highest BCUT2D eigenvalue weighted by atomic mass is 35.5. The predicted molar refractivity (Wildman–Crippen MR) is 116 cm³/mol. The number of H-pyrrole nitrogens is 1. The number of benzene rings is 1. The van der Waals surface area contributed by atoms with E-state index >= 15 is 0 Å². The van der Waals surface area contributed by atoms with E-state index < -0.39 is 35.5 Å². The maximum Gasteiger partial charge on any atom is 0.494 e. The quantitative estimate of drug-likeness (QED) is 0.718. The molecule has 1 fully saturated rings. The number of hydrogen-bond donors (Lipinski definition) is 2. The third-order valence-corrected chi connectivity index (χ3v) is 6.11. The maximum atomic E-state index is 12.4. The molecular formula is C20H27BClN3O5. The van der Waals surface area contributed by atoms with Gasteiger partial charge in [0.2, 0.25) is 0 Å². The van der Waals surface area contributed by atoms with E-state index in [4.69, 9.17) is 20.9 Å². The van der Waals surface area contributed by atoms with Crippen molar-refractivity contribution in [1.82, 2.24) is 15.1 Å². The Balaban J connectivity index is 2.14. The van der Waals surface area contributed by atoms with E-state index in [2.05, 4.69) is 10.2 Å². The number of carbonyl (C=O) groups is 1. The Hall–Kier alpha value is -2.10. The maximum absolute atomic E-state index is 12.4. The Bertz CT molecular complexity index is 1040. The standard InChI is InChI=1S/C20H27BClN3O5/c1-18(2,3)25(17(27)28)10-14-12-8-11(9-13(22)15(12)16(26)24-23-14)21-29-19(4,5)20(6,7)30-21/h8-9H,10H2,1-7H3,(H,24,26)(H,27,28). The summed E-state index contributed by atoms with van der Waals surface area (Å²) in [6.45, 7) is 13.1. The molecule has 0 radical (unpaired) electrons. The Kier molecular flexibility index (Phi) is 5.46. The number of nitrogens with one attached hydrogen (secondary N) is 1. The van der Waals surface area contributed by atoms with Crippen LogP contribution in [-0.4, -0.2) is 50.2 Å². The van der Waals surface area contributed by atoms with Crippen molar-refractivity contribution in [1.29, 1.82) is 0 Å². The SMILES string of the molecule is CC(C)(C)N(Cc1n[nH]c(=O)c2c(Cl)cc(B3OC(C)(C)C(C)(C)O3)cc12)C(=O)O. The molecule has 2 aromatic rings. The first-order valence-corrected chi connectivity index (χ1v) is 10.1. The van der Waals surface area contributed by atoms with E-state index in [-0.39, 0.29) is 17.0 Å². The number of amides is 1. The fraction of sp³-hybridized carbons (Fsp3) is 0.550. The Morgan fingerprint density at radius 2 is 1.80 bits per heavy atom. The van der Waals surface area contributed by atoms with Gasteiger partial charge >= 0.3 is 13.2 Å². The Labute approximate surface area is 180 Å². The molecule has 2 N–H and O–H groups in total. The minimum absolute atomic E-state index is 0.0186. The van der Waals surface area contributed by atoms with Crippen molar-refractivity contribution in [2.45, 2.75) is 71.8 Å². The van der Waals surface area contributed by atoms with Crippen LogP contribution in [0.3, 0.4) is 0 Å². The lowest BCUT2D eigenvalue weighted by atomic mass is 9.78. The first kappa shape index (κ1) is 22.6. The third kappa shape index (κ3) is 3.93. The number of nitrogens with zero attached hydrogens (tertiary/aromatic N) is 2. The molecule has 1 saturated heterocycles. The van der Waals surface area contributed by atoms with Crippen molar-refractivity contribution < 1.29 is 19.2 Å². The molecule has 0 saturated carbocycles. The van der Waals surface area contributed by atoms with E-state index in [0.29, 0.717) is 16.5 Å². The van der Waals surface area contributed by atoms with Crippen LogP contribution in [0.2, 0.25) is 5.02 Å². The molecule has 30 heavy (non-hydrogen) atoms. The van der Waals surface area contributed by atoms with Crippen LogP contribution >= 0.6 is 11.6 Å². The molecule has 2 heterocycles. The minimum atomic E-state index is -1.09. The smallest absolute Gasteiger partial charge is 0.465 e. The summed E-state index contributed by atoms with van der Waals surface area (Å²) in [5.74, 6) is 0. The van der Waals surface area contributed by atoms with Crippen molar-refractivity contribution in [2.75, 3.05) is 0 Å². The Morgan fingerprint density at radius 3 is 2.30 bits per heavy atom. The first-order chi connectivity index (χ1) is 13.6. The summed E-state index contributed by atoms with van der Waals surface area (Å²) in [6.07, 6.45) is -1.09. The van der Waals surface area contributed by atoms with E-state index in [1.54, 1.807) is 32.9 Å². The molecule has 1 aromatic carbocycles. The highest BCUT2D eigenvalue weighted by molar-refractivity contribution is 6.63. The number of hydrogen-bond acceptors (Lipinski definition) is 5. The summed E-state index contributed by atoms with van der Waals surface area (Å²) in [5, 5.41) is 17.1. The van der Waals surface area contributed by atoms with Gasteiger partial charge in [-0.1, -0.05) is 17.7 Å². The summed E-state index contributed by atoms with van der Waals surface area (Å²) in [6, 6.07) is 3.38. The molecule has 0 spiro atoms. The van der Waals surface area contributed by atoms with Crippen molar-refractivity contribution in [3.63, 3.8) is 0 Å². The zero-order chi connectivity index (χ0) is 22.6. The zero-order valence-corrected chi connectivity index (χ0v) is 19.0. The molecule has 0 aliphatic carbocycles. The van der Waals surface area contributed by atoms with Crippen LogP contribution in [0.1, 0.15) is 54.2 Å². The van der Waals surface area contributed by atoms with E-state index in [0.717, 1.165) is 0 Å². The van der Waals surface area contributed by atoms with Crippen LogP contribution in [0.4, 0.5) is 4.79 Å². The topological polar surface area (TPSA) is 105 Å². The van der Waals surface area contributed by atoms with Crippen LogP contribution in [0.5, 0.6) is 0 Å². The van der Waals surface area contributed by atoms with Crippen molar-refractivity contribution in [3.05, 3.63) is 33.2 Å². The molecular weight excluding hydrogens is 409 g/mol. The van der Waals surface area contributed by atoms with E-state index in [9.17, 15) is 14.7 Å². The first-order valence-electron chi connectivity index (χ1n) is 9.71. The van der Waals surface area contributed by atoms with Gasteiger partial charge in [0, 0.05) is 10.9 Å². The molecule has 1 aliphatic heterocycles. The lowest BCUT2D eigenvalue weighted by Gasteiger charge is -2.33. The molecule has 162 valence electrons. The lowest BCUT2D eigenvalue weighted by molar-refractivity contribution is 0.00578. The molecule has 1 aliphatic rings. The largest absolute Gasteiger partial charge is 0.494 e. The second-order valence-electron chi connectivity index (χ2n) is 9.55. The van der Waals surface area contributed by atoms with Crippen LogP contribution < -0.4 is 11.0 Å². The fourth-order valence-electron chi connectivity index (χ4n) is 3.30. The summed E-state index contributed by atoms with van der Waals surface area (Å²) in [4.78, 5) is 25.5. The highest BCUT2D eigenvalue weighted by Crippen LogP contribution is 2.37. The van der Waals surface area contributed by atoms with Gasteiger partial charge in [-0.05, 0) is 60.0 Å². The molecule has 0 unspecified atom stereocenters. The summed E-state index contributed by atoms with van der Waals surface area (Å²) >= 11 is 6.46. The van der Waals surface area contributed by atoms with Gasteiger partial charge in [0.1, 0.15) is 0 Å². The second kappa shape index (κ2) is 7.25. The molecule has 0 bridgehead atoms. The highest BCUT2D eigenvalue weighted by Gasteiger charge is 2.51. The molecule has 1 aromatic heterocycles. The van der Waals surface area contributed by atoms with Gasteiger partial charge < -0.3 is 14.4 Å². The monoisotopic (exact) mass is 435 g/mol. The lowest BCUT2D eigenvalue weighted by Crippen LogP contribution is -2.44. The number of halogens is 1.